The molecule has 182 valence electrons. The molecule has 3 heterocycles. The quantitative estimate of drug-likeness (QED) is 0.570. The number of likely N-dealkylation sites (tertiary alicyclic amines) is 1. The van der Waals surface area contributed by atoms with Crippen molar-refractivity contribution in [2.75, 3.05) is 31.8 Å². The van der Waals surface area contributed by atoms with E-state index >= 15 is 0 Å². The Labute approximate surface area is 199 Å². The van der Waals surface area contributed by atoms with Gasteiger partial charge in [0.25, 0.3) is 5.56 Å². The van der Waals surface area contributed by atoms with Crippen molar-refractivity contribution in [3.63, 3.8) is 0 Å². The van der Waals surface area contributed by atoms with Crippen LogP contribution in [0.3, 0.4) is 0 Å². The van der Waals surface area contributed by atoms with Crippen LogP contribution in [0.25, 0.3) is 22.3 Å². The highest BCUT2D eigenvalue weighted by atomic mass is 19.4. The predicted octanol–water partition coefficient (Wildman–Crippen LogP) is 3.45. The summed E-state index contributed by atoms with van der Waals surface area (Å²) in [6.45, 7) is 2.90. The van der Waals surface area contributed by atoms with Crippen molar-refractivity contribution in [3.05, 3.63) is 70.3 Å². The van der Waals surface area contributed by atoms with E-state index in [0.29, 0.717) is 11.3 Å². The first-order valence-corrected chi connectivity index (χ1v) is 11.1. The summed E-state index contributed by atoms with van der Waals surface area (Å²) in [4.78, 5) is 23.1. The first-order chi connectivity index (χ1) is 16.8. The fraction of sp³-hybridized carbons (Fsp3) is 0.292. The van der Waals surface area contributed by atoms with Gasteiger partial charge in [0, 0.05) is 30.4 Å². The predicted molar refractivity (Wildman–Crippen MR) is 125 cm³/mol. The summed E-state index contributed by atoms with van der Waals surface area (Å²) in [6, 6.07) is 10.5. The maximum atomic E-state index is 13.4. The van der Waals surface area contributed by atoms with Crippen molar-refractivity contribution in [3.8, 4) is 17.0 Å². The zero-order valence-corrected chi connectivity index (χ0v) is 18.9. The fourth-order valence-electron chi connectivity index (χ4n) is 4.34. The zero-order valence-electron chi connectivity index (χ0n) is 18.9. The van der Waals surface area contributed by atoms with Gasteiger partial charge in [-0.25, -0.2) is 9.97 Å². The Kier molecular flexibility index (Phi) is 6.03. The minimum atomic E-state index is -4.66. The third kappa shape index (κ3) is 4.77. The number of alkyl halides is 3. The summed E-state index contributed by atoms with van der Waals surface area (Å²) >= 11 is 0. The van der Waals surface area contributed by atoms with E-state index in [1.54, 1.807) is 6.07 Å². The summed E-state index contributed by atoms with van der Waals surface area (Å²) in [6.07, 6.45) is -0.374. The van der Waals surface area contributed by atoms with Gasteiger partial charge in [-0.2, -0.15) is 13.2 Å². The van der Waals surface area contributed by atoms with Gasteiger partial charge in [-0.3, -0.25) is 14.7 Å². The Balaban J connectivity index is 1.54. The van der Waals surface area contributed by atoms with Gasteiger partial charge in [0.2, 0.25) is 0 Å². The van der Waals surface area contributed by atoms with Gasteiger partial charge < -0.3 is 10.2 Å². The van der Waals surface area contributed by atoms with Crippen molar-refractivity contribution < 1.29 is 17.9 Å². The number of rotatable bonds is 5. The Morgan fingerprint density at radius 3 is 2.57 bits per heavy atom. The van der Waals surface area contributed by atoms with Crippen LogP contribution in [0, 0.1) is 0 Å². The molecular weight excluding hydrogens is 461 g/mol. The summed E-state index contributed by atoms with van der Waals surface area (Å²) in [7, 11) is 1.15. The molecule has 0 unspecified atom stereocenters. The SMILES string of the molecule is COc1cc2nc(-c3cccc(N4NNC=C4CN4CCCC4)c3)cc(=O)nc2cc1C(F)(F)F. The molecule has 0 saturated carbocycles. The minimum Gasteiger partial charge on any atom is -0.496 e. The lowest BCUT2D eigenvalue weighted by molar-refractivity contribution is -0.138. The van der Waals surface area contributed by atoms with Crippen molar-refractivity contribution in [2.45, 2.75) is 19.0 Å². The van der Waals surface area contributed by atoms with E-state index in [1.165, 1.54) is 18.9 Å². The summed E-state index contributed by atoms with van der Waals surface area (Å²) in [5, 5.41) is 1.91. The number of benzene rings is 2. The number of halogens is 3. The van der Waals surface area contributed by atoms with Crippen LogP contribution in [-0.2, 0) is 6.18 Å². The molecule has 2 aliphatic heterocycles. The topological polar surface area (TPSA) is 82.6 Å². The normalized spacial score (nSPS) is 16.5. The largest absolute Gasteiger partial charge is 0.496 e. The molecular formula is C24H23F3N6O2. The van der Waals surface area contributed by atoms with Gasteiger partial charge in [0.05, 0.1) is 40.8 Å². The smallest absolute Gasteiger partial charge is 0.420 e. The lowest BCUT2D eigenvalue weighted by Gasteiger charge is -2.25. The Morgan fingerprint density at radius 1 is 1.06 bits per heavy atom. The summed E-state index contributed by atoms with van der Waals surface area (Å²) in [5.41, 5.74) is 7.14. The molecule has 35 heavy (non-hydrogen) atoms. The number of anilines is 1. The lowest BCUT2D eigenvalue weighted by Crippen LogP contribution is -2.39. The van der Waals surface area contributed by atoms with E-state index in [-0.39, 0.29) is 16.8 Å². The average Bonchev–Trinajstić information content (AvgIpc) is 3.48. The Bertz CT molecular complexity index is 1360. The zero-order chi connectivity index (χ0) is 24.6. The second-order valence-corrected chi connectivity index (χ2v) is 8.39. The van der Waals surface area contributed by atoms with Crippen LogP contribution in [0.5, 0.6) is 5.75 Å². The van der Waals surface area contributed by atoms with E-state index in [1.807, 2.05) is 29.4 Å². The average molecular weight is 484 g/mol. The molecule has 5 rings (SSSR count). The third-order valence-electron chi connectivity index (χ3n) is 6.02. The van der Waals surface area contributed by atoms with Gasteiger partial charge in [-0.15, -0.1) is 5.53 Å². The van der Waals surface area contributed by atoms with Crippen LogP contribution in [0.1, 0.15) is 18.4 Å². The summed E-state index contributed by atoms with van der Waals surface area (Å²) < 4.78 is 45.2. The van der Waals surface area contributed by atoms with Gasteiger partial charge in [0.1, 0.15) is 5.75 Å². The molecule has 0 spiro atoms. The van der Waals surface area contributed by atoms with Crippen LogP contribution < -0.4 is 26.3 Å². The highest BCUT2D eigenvalue weighted by Crippen LogP contribution is 2.38. The molecule has 11 heteroatoms. The van der Waals surface area contributed by atoms with Crippen molar-refractivity contribution in [1.29, 1.82) is 0 Å². The molecule has 2 aliphatic rings. The van der Waals surface area contributed by atoms with E-state index in [4.69, 9.17) is 4.74 Å². The van der Waals surface area contributed by atoms with Gasteiger partial charge in [-0.05, 0) is 44.1 Å². The molecule has 0 atom stereocenters. The number of nitrogens with one attached hydrogen (secondary N) is 2. The third-order valence-corrected chi connectivity index (χ3v) is 6.02. The number of nitrogens with zero attached hydrogens (tertiary/aromatic N) is 4. The minimum absolute atomic E-state index is 0.118. The number of hydrogen-bond donors (Lipinski definition) is 2. The van der Waals surface area contributed by atoms with Crippen LogP contribution in [0.2, 0.25) is 0 Å². The maximum Gasteiger partial charge on any atom is 0.420 e. The van der Waals surface area contributed by atoms with Gasteiger partial charge >= 0.3 is 6.18 Å². The molecule has 2 N–H and O–H groups in total. The van der Waals surface area contributed by atoms with Crippen molar-refractivity contribution >= 4 is 16.7 Å². The number of methoxy groups -OCH3 is 1. The number of hydrogen-bond acceptors (Lipinski definition) is 8. The molecule has 2 aromatic carbocycles. The molecule has 1 fully saturated rings. The second kappa shape index (κ2) is 9.16. The Hall–Kier alpha value is -3.70. The first-order valence-electron chi connectivity index (χ1n) is 11.1. The van der Waals surface area contributed by atoms with Crippen LogP contribution in [-0.4, -0.2) is 41.6 Å². The van der Waals surface area contributed by atoms with Crippen LogP contribution >= 0.6 is 0 Å². The molecule has 0 aliphatic carbocycles. The monoisotopic (exact) mass is 484 g/mol. The molecule has 1 aromatic heterocycles. The number of hydrazine groups is 2. The van der Waals surface area contributed by atoms with Crippen LogP contribution in [0.4, 0.5) is 18.9 Å². The molecule has 1 saturated heterocycles. The molecule has 8 nitrogen and oxygen atoms in total. The number of aromatic nitrogens is 2. The van der Waals surface area contributed by atoms with E-state index in [0.717, 1.165) is 50.3 Å². The molecule has 0 bridgehead atoms. The first kappa shape index (κ1) is 23.1. The molecule has 0 radical (unpaired) electrons. The highest BCUT2D eigenvalue weighted by Gasteiger charge is 2.35. The lowest BCUT2D eigenvalue weighted by atomic mass is 10.1. The summed E-state index contributed by atoms with van der Waals surface area (Å²) in [5.74, 6) is -0.387. The number of fused-ring (bicyclic) bond motifs is 1. The van der Waals surface area contributed by atoms with Crippen molar-refractivity contribution in [1.82, 2.24) is 25.8 Å². The maximum absolute atomic E-state index is 13.4. The Morgan fingerprint density at radius 2 is 1.83 bits per heavy atom. The standard InChI is InChI=1S/C24H23F3N6O2/c1-35-22-11-21-20(10-18(22)24(25,26)27)30-23(34)12-19(29-21)15-5-4-6-16(9-15)33-17(13-28-31-33)14-32-7-2-3-8-32/h4-6,9-13,28,31H,2-3,7-8,14H2,1H3. The fourth-order valence-corrected chi connectivity index (χ4v) is 4.34. The molecule has 3 aromatic rings. The number of ether oxygens (including phenoxy) is 1. The van der Waals surface area contributed by atoms with Gasteiger partial charge in [-0.1, -0.05) is 12.1 Å². The molecule has 0 amide bonds. The van der Waals surface area contributed by atoms with E-state index in [9.17, 15) is 18.0 Å². The van der Waals surface area contributed by atoms with Crippen molar-refractivity contribution in [2.24, 2.45) is 0 Å². The second-order valence-electron chi connectivity index (χ2n) is 8.39. The van der Waals surface area contributed by atoms with E-state index in [2.05, 4.69) is 25.8 Å². The van der Waals surface area contributed by atoms with E-state index < -0.39 is 17.3 Å². The highest BCUT2D eigenvalue weighted by molar-refractivity contribution is 5.79. The van der Waals surface area contributed by atoms with Gasteiger partial charge in [0.15, 0.2) is 0 Å². The van der Waals surface area contributed by atoms with Crippen LogP contribution in [0.15, 0.2) is 59.2 Å².